The molecule has 0 unspecified atom stereocenters. The lowest BCUT2D eigenvalue weighted by Gasteiger charge is -2.19. The number of nitrogens with one attached hydrogen (secondary N) is 2. The van der Waals surface area contributed by atoms with Gasteiger partial charge in [0.25, 0.3) is 0 Å². The molecule has 2 aromatic carbocycles. The maximum atomic E-state index is 13.3. The van der Waals surface area contributed by atoms with Crippen molar-refractivity contribution >= 4 is 17.6 Å². The lowest BCUT2D eigenvalue weighted by atomic mass is 9.95. The first-order chi connectivity index (χ1) is 12.5. The molecule has 1 aliphatic heterocycles. The average Bonchev–Trinajstić information content (AvgIpc) is 3.07. The smallest absolute Gasteiger partial charge is 0.192 e. The third-order valence-electron chi connectivity index (χ3n) is 4.50. The molecular formula is C20H20ClF2N3. The number of rotatable bonds is 4. The zero-order valence-corrected chi connectivity index (χ0v) is 15.3. The standard InChI is InChI=1S/C20H20ClF2N3/c1-3-12(2)18-19(14-5-7-15(21)8-6-14)26-20(25-18)24-11-13-4-9-16(22)17(23)10-13/h3-10,18-19H,11H2,1-2H3,(H2,24,25,26)/b12-3+/t18-,19+/m1/s1. The van der Waals surface area contributed by atoms with Gasteiger partial charge < -0.3 is 10.6 Å². The van der Waals surface area contributed by atoms with E-state index in [1.165, 1.54) is 17.7 Å². The highest BCUT2D eigenvalue weighted by Gasteiger charge is 2.32. The van der Waals surface area contributed by atoms with Crippen LogP contribution in [-0.2, 0) is 6.54 Å². The van der Waals surface area contributed by atoms with Crippen molar-refractivity contribution in [3.8, 4) is 0 Å². The largest absolute Gasteiger partial charge is 0.347 e. The molecule has 3 nitrogen and oxygen atoms in total. The Balaban J connectivity index is 1.81. The second kappa shape index (κ2) is 7.87. The molecule has 26 heavy (non-hydrogen) atoms. The van der Waals surface area contributed by atoms with Gasteiger partial charge in [-0.15, -0.1) is 0 Å². The van der Waals surface area contributed by atoms with Gasteiger partial charge in [0.1, 0.15) is 0 Å². The highest BCUT2D eigenvalue weighted by Crippen LogP contribution is 2.26. The van der Waals surface area contributed by atoms with Gasteiger partial charge in [-0.1, -0.05) is 41.4 Å². The summed E-state index contributed by atoms with van der Waals surface area (Å²) in [6.45, 7) is 4.30. The summed E-state index contributed by atoms with van der Waals surface area (Å²) in [5, 5.41) is 7.43. The minimum Gasteiger partial charge on any atom is -0.347 e. The van der Waals surface area contributed by atoms with E-state index in [0.29, 0.717) is 16.5 Å². The Hall–Kier alpha value is -2.40. The predicted molar refractivity (Wildman–Crippen MR) is 101 cm³/mol. The molecule has 1 heterocycles. The maximum absolute atomic E-state index is 13.3. The van der Waals surface area contributed by atoms with E-state index < -0.39 is 11.6 Å². The molecule has 0 bridgehead atoms. The van der Waals surface area contributed by atoms with Crippen LogP contribution in [0.15, 0.2) is 59.1 Å². The molecule has 136 valence electrons. The van der Waals surface area contributed by atoms with Gasteiger partial charge in [-0.25, -0.2) is 13.8 Å². The lowest BCUT2D eigenvalue weighted by molar-refractivity contribution is 0.507. The van der Waals surface area contributed by atoms with Gasteiger partial charge in [-0.3, -0.25) is 0 Å². The van der Waals surface area contributed by atoms with Gasteiger partial charge in [0.05, 0.1) is 18.6 Å². The third kappa shape index (κ3) is 4.05. The molecule has 6 heteroatoms. The summed E-state index contributed by atoms with van der Waals surface area (Å²) in [5.74, 6) is -1.09. The van der Waals surface area contributed by atoms with Crippen LogP contribution in [-0.4, -0.2) is 12.0 Å². The van der Waals surface area contributed by atoms with E-state index >= 15 is 0 Å². The highest BCUT2D eigenvalue weighted by molar-refractivity contribution is 6.30. The van der Waals surface area contributed by atoms with Crippen LogP contribution in [0.1, 0.15) is 31.0 Å². The van der Waals surface area contributed by atoms with E-state index in [1.54, 1.807) is 0 Å². The monoisotopic (exact) mass is 375 g/mol. The van der Waals surface area contributed by atoms with Crippen LogP contribution in [0, 0.1) is 11.6 Å². The molecule has 1 aliphatic rings. The van der Waals surface area contributed by atoms with Crippen LogP contribution < -0.4 is 10.6 Å². The maximum Gasteiger partial charge on any atom is 0.192 e. The highest BCUT2D eigenvalue weighted by atomic mass is 35.5. The number of allylic oxidation sites excluding steroid dienone is 1. The second-order valence-corrected chi connectivity index (χ2v) is 6.68. The number of aliphatic imine (C=N–C) groups is 1. The van der Waals surface area contributed by atoms with Crippen molar-refractivity contribution in [2.24, 2.45) is 4.99 Å². The van der Waals surface area contributed by atoms with Crippen LogP contribution in [0.3, 0.4) is 0 Å². The topological polar surface area (TPSA) is 36.4 Å². The van der Waals surface area contributed by atoms with E-state index in [9.17, 15) is 8.78 Å². The fourth-order valence-corrected chi connectivity index (χ4v) is 3.03. The molecule has 2 atom stereocenters. The Bertz CT molecular complexity index is 847. The molecule has 1 saturated heterocycles. The van der Waals surface area contributed by atoms with E-state index in [0.717, 1.165) is 11.6 Å². The molecule has 1 fully saturated rings. The first kappa shape index (κ1) is 18.4. The first-order valence-corrected chi connectivity index (χ1v) is 8.75. The zero-order valence-electron chi connectivity index (χ0n) is 14.6. The summed E-state index contributed by atoms with van der Waals surface area (Å²) in [6.07, 6.45) is 2.06. The Morgan fingerprint density at radius 3 is 2.50 bits per heavy atom. The SMILES string of the molecule is C/C=C(\C)[C@H]1NC(=NCc2ccc(F)c(F)c2)N[C@H]1c1ccc(Cl)cc1. The van der Waals surface area contributed by atoms with Crippen molar-refractivity contribution in [1.82, 2.24) is 10.6 Å². The molecule has 0 radical (unpaired) electrons. The second-order valence-electron chi connectivity index (χ2n) is 6.24. The summed E-state index contributed by atoms with van der Waals surface area (Å²) in [7, 11) is 0. The van der Waals surface area contributed by atoms with Crippen molar-refractivity contribution < 1.29 is 8.78 Å². The molecule has 0 aliphatic carbocycles. The van der Waals surface area contributed by atoms with Crippen LogP contribution in [0.25, 0.3) is 0 Å². The number of guanidine groups is 1. The quantitative estimate of drug-likeness (QED) is 0.757. The van der Waals surface area contributed by atoms with Gasteiger partial charge in [0.15, 0.2) is 17.6 Å². The predicted octanol–water partition coefficient (Wildman–Crippen LogP) is 4.74. The number of halogens is 3. The molecular weight excluding hydrogens is 356 g/mol. The van der Waals surface area contributed by atoms with E-state index in [4.69, 9.17) is 11.6 Å². The molecule has 0 amide bonds. The lowest BCUT2D eigenvalue weighted by Crippen LogP contribution is -2.29. The third-order valence-corrected chi connectivity index (χ3v) is 4.75. The van der Waals surface area contributed by atoms with Crippen LogP contribution in [0.4, 0.5) is 8.78 Å². The van der Waals surface area contributed by atoms with Crippen molar-refractivity contribution in [1.29, 1.82) is 0 Å². The van der Waals surface area contributed by atoms with Crippen molar-refractivity contribution in [2.75, 3.05) is 0 Å². The minimum absolute atomic E-state index is 0.00664. The summed E-state index contributed by atoms with van der Waals surface area (Å²) in [5.41, 5.74) is 2.87. The van der Waals surface area contributed by atoms with E-state index in [2.05, 4.69) is 28.6 Å². The number of nitrogens with zero attached hydrogens (tertiary/aromatic N) is 1. The fourth-order valence-electron chi connectivity index (χ4n) is 2.90. The van der Waals surface area contributed by atoms with Gasteiger partial charge in [0.2, 0.25) is 0 Å². The number of benzene rings is 2. The normalized spacial score (nSPS) is 21.6. The molecule has 0 aromatic heterocycles. The van der Waals surface area contributed by atoms with Crippen LogP contribution in [0.2, 0.25) is 5.02 Å². The number of hydrogen-bond donors (Lipinski definition) is 2. The van der Waals surface area contributed by atoms with Crippen molar-refractivity contribution in [3.05, 3.63) is 81.9 Å². The van der Waals surface area contributed by atoms with Gasteiger partial charge >= 0.3 is 0 Å². The van der Waals surface area contributed by atoms with E-state index in [1.807, 2.05) is 31.2 Å². The molecule has 2 aromatic rings. The van der Waals surface area contributed by atoms with Crippen molar-refractivity contribution in [3.63, 3.8) is 0 Å². The number of hydrogen-bond acceptors (Lipinski definition) is 1. The Kier molecular flexibility index (Phi) is 5.57. The summed E-state index contributed by atoms with van der Waals surface area (Å²) >= 11 is 5.99. The Morgan fingerprint density at radius 2 is 1.85 bits per heavy atom. The molecule has 0 saturated carbocycles. The molecule has 0 spiro atoms. The van der Waals surface area contributed by atoms with E-state index in [-0.39, 0.29) is 18.6 Å². The summed E-state index contributed by atoms with van der Waals surface area (Å²) in [6, 6.07) is 11.5. The Labute approximate surface area is 156 Å². The Morgan fingerprint density at radius 1 is 1.12 bits per heavy atom. The summed E-state index contributed by atoms with van der Waals surface area (Å²) < 4.78 is 26.4. The fraction of sp³-hybridized carbons (Fsp3) is 0.250. The molecule has 3 rings (SSSR count). The first-order valence-electron chi connectivity index (χ1n) is 8.37. The van der Waals surface area contributed by atoms with Gasteiger partial charge in [-0.05, 0) is 49.2 Å². The minimum atomic E-state index is -0.864. The molecule has 2 N–H and O–H groups in total. The van der Waals surface area contributed by atoms with Crippen LogP contribution >= 0.6 is 11.6 Å². The summed E-state index contributed by atoms with van der Waals surface area (Å²) in [4.78, 5) is 4.48. The van der Waals surface area contributed by atoms with Gasteiger partial charge in [0, 0.05) is 5.02 Å². The average molecular weight is 376 g/mol. The zero-order chi connectivity index (χ0) is 18.7. The van der Waals surface area contributed by atoms with Gasteiger partial charge in [-0.2, -0.15) is 0 Å². The van der Waals surface area contributed by atoms with Crippen LogP contribution in [0.5, 0.6) is 0 Å². The van der Waals surface area contributed by atoms with Crippen molar-refractivity contribution in [2.45, 2.75) is 32.5 Å².